The summed E-state index contributed by atoms with van der Waals surface area (Å²) >= 11 is 1.88. The second-order valence-corrected chi connectivity index (χ2v) is 7.47. The SMILES string of the molecule is O=C1c2ccccc2C(=O)c2c1cc(CN1CCSCC1)c(O)c2O. The van der Waals surface area contributed by atoms with Crippen molar-refractivity contribution in [1.82, 2.24) is 4.90 Å². The predicted octanol–water partition coefficient (Wildman–Crippen LogP) is 2.42. The number of hydrogen-bond acceptors (Lipinski definition) is 6. The maximum atomic E-state index is 12.8. The zero-order valence-electron chi connectivity index (χ0n) is 13.5. The van der Waals surface area contributed by atoms with E-state index in [9.17, 15) is 19.8 Å². The molecule has 5 nitrogen and oxygen atoms in total. The quantitative estimate of drug-likeness (QED) is 0.688. The highest BCUT2D eigenvalue weighted by Gasteiger charge is 2.34. The number of nitrogens with zero attached hydrogens (tertiary/aromatic N) is 1. The molecule has 0 radical (unpaired) electrons. The third-order valence-electron chi connectivity index (χ3n) is 4.74. The molecular formula is C19H17NO4S. The first-order valence-corrected chi connectivity index (χ1v) is 9.29. The van der Waals surface area contributed by atoms with Crippen molar-refractivity contribution >= 4 is 23.3 Å². The predicted molar refractivity (Wildman–Crippen MR) is 95.7 cm³/mol. The van der Waals surface area contributed by atoms with E-state index >= 15 is 0 Å². The minimum atomic E-state index is -0.494. The van der Waals surface area contributed by atoms with Crippen molar-refractivity contribution in [2.45, 2.75) is 6.54 Å². The third kappa shape index (κ3) is 2.62. The summed E-state index contributed by atoms with van der Waals surface area (Å²) in [4.78, 5) is 27.7. The smallest absolute Gasteiger partial charge is 0.198 e. The Morgan fingerprint density at radius 2 is 1.56 bits per heavy atom. The van der Waals surface area contributed by atoms with Crippen LogP contribution in [0.25, 0.3) is 0 Å². The van der Waals surface area contributed by atoms with Crippen molar-refractivity contribution in [3.05, 3.63) is 58.1 Å². The monoisotopic (exact) mass is 355 g/mol. The number of rotatable bonds is 2. The largest absolute Gasteiger partial charge is 0.504 e. The zero-order chi connectivity index (χ0) is 17.6. The molecule has 0 spiro atoms. The van der Waals surface area contributed by atoms with Crippen molar-refractivity contribution in [3.8, 4) is 11.5 Å². The molecule has 1 saturated heterocycles. The summed E-state index contributed by atoms with van der Waals surface area (Å²) in [5.74, 6) is 0.504. The number of fused-ring (bicyclic) bond motifs is 2. The van der Waals surface area contributed by atoms with Gasteiger partial charge in [0.15, 0.2) is 23.1 Å². The van der Waals surface area contributed by atoms with Crippen molar-refractivity contribution in [1.29, 1.82) is 0 Å². The van der Waals surface area contributed by atoms with E-state index in [0.29, 0.717) is 17.7 Å². The first-order chi connectivity index (χ1) is 12.1. The van der Waals surface area contributed by atoms with Gasteiger partial charge in [-0.3, -0.25) is 14.5 Å². The molecule has 2 aromatic carbocycles. The van der Waals surface area contributed by atoms with Gasteiger partial charge in [-0.1, -0.05) is 24.3 Å². The molecular weight excluding hydrogens is 338 g/mol. The molecule has 6 heteroatoms. The van der Waals surface area contributed by atoms with E-state index in [0.717, 1.165) is 24.6 Å². The van der Waals surface area contributed by atoms with E-state index in [1.165, 1.54) is 0 Å². The second kappa shape index (κ2) is 6.20. The summed E-state index contributed by atoms with van der Waals surface area (Å²) in [7, 11) is 0. The fourth-order valence-electron chi connectivity index (χ4n) is 3.40. The lowest BCUT2D eigenvalue weighted by molar-refractivity contribution is 0.0976. The molecule has 1 fully saturated rings. The Balaban J connectivity index is 1.80. The molecule has 0 unspecified atom stereocenters. The molecule has 0 bridgehead atoms. The molecule has 2 N–H and O–H groups in total. The third-order valence-corrected chi connectivity index (χ3v) is 5.68. The Kier molecular flexibility index (Phi) is 4.01. The van der Waals surface area contributed by atoms with Gasteiger partial charge in [-0.25, -0.2) is 0 Å². The molecule has 0 atom stereocenters. The van der Waals surface area contributed by atoms with E-state index in [-0.39, 0.29) is 28.2 Å². The summed E-state index contributed by atoms with van der Waals surface area (Å²) < 4.78 is 0. The van der Waals surface area contributed by atoms with E-state index in [4.69, 9.17) is 0 Å². The first kappa shape index (κ1) is 16.2. The maximum Gasteiger partial charge on any atom is 0.198 e. The van der Waals surface area contributed by atoms with Gasteiger partial charge in [0.05, 0.1) is 5.56 Å². The van der Waals surface area contributed by atoms with Crippen LogP contribution in [-0.2, 0) is 6.54 Å². The number of thioether (sulfide) groups is 1. The van der Waals surface area contributed by atoms with Crippen molar-refractivity contribution in [2.75, 3.05) is 24.6 Å². The van der Waals surface area contributed by atoms with E-state index in [2.05, 4.69) is 4.90 Å². The van der Waals surface area contributed by atoms with Crippen LogP contribution in [0.4, 0.5) is 0 Å². The molecule has 1 aliphatic carbocycles. The number of carbonyl (C=O) groups excluding carboxylic acids is 2. The van der Waals surface area contributed by atoms with Crippen molar-refractivity contribution < 1.29 is 19.8 Å². The van der Waals surface area contributed by atoms with Crippen LogP contribution in [0.5, 0.6) is 11.5 Å². The highest BCUT2D eigenvalue weighted by molar-refractivity contribution is 7.99. The normalized spacial score (nSPS) is 17.3. The van der Waals surface area contributed by atoms with Gasteiger partial charge in [0.1, 0.15) is 0 Å². The van der Waals surface area contributed by atoms with E-state index in [1.807, 2.05) is 11.8 Å². The topological polar surface area (TPSA) is 77.8 Å². The Hall–Kier alpha value is -2.31. The molecule has 0 saturated carbocycles. The van der Waals surface area contributed by atoms with Gasteiger partial charge in [0, 0.05) is 53.4 Å². The highest BCUT2D eigenvalue weighted by Crippen LogP contribution is 2.41. The van der Waals surface area contributed by atoms with E-state index in [1.54, 1.807) is 30.3 Å². The molecule has 0 aromatic heterocycles. The molecule has 2 aliphatic rings. The van der Waals surface area contributed by atoms with Crippen LogP contribution in [0, 0.1) is 0 Å². The van der Waals surface area contributed by atoms with Crippen molar-refractivity contribution in [2.24, 2.45) is 0 Å². The van der Waals surface area contributed by atoms with Crippen LogP contribution in [0.3, 0.4) is 0 Å². The Labute approximate surface area is 149 Å². The van der Waals surface area contributed by atoms with Gasteiger partial charge in [-0.05, 0) is 6.07 Å². The van der Waals surface area contributed by atoms with Gasteiger partial charge in [-0.2, -0.15) is 11.8 Å². The summed E-state index contributed by atoms with van der Waals surface area (Å²) in [5, 5.41) is 20.8. The lowest BCUT2D eigenvalue weighted by atomic mass is 9.82. The highest BCUT2D eigenvalue weighted by atomic mass is 32.2. The lowest BCUT2D eigenvalue weighted by Gasteiger charge is -2.27. The van der Waals surface area contributed by atoms with Crippen LogP contribution in [0.15, 0.2) is 30.3 Å². The summed E-state index contributed by atoms with van der Waals surface area (Å²) in [6.45, 7) is 2.21. The Bertz CT molecular complexity index is 887. The number of benzene rings is 2. The van der Waals surface area contributed by atoms with Crippen LogP contribution >= 0.6 is 11.8 Å². The molecule has 1 heterocycles. The van der Waals surface area contributed by atoms with Crippen LogP contribution in [0.2, 0.25) is 0 Å². The number of phenolic OH excluding ortho intramolecular Hbond substituents is 2. The fourth-order valence-corrected chi connectivity index (χ4v) is 4.38. The summed E-state index contributed by atoms with van der Waals surface area (Å²) in [6, 6.07) is 8.12. The van der Waals surface area contributed by atoms with Gasteiger partial charge < -0.3 is 10.2 Å². The summed E-state index contributed by atoms with van der Waals surface area (Å²) in [6.07, 6.45) is 0. The molecule has 25 heavy (non-hydrogen) atoms. The first-order valence-electron chi connectivity index (χ1n) is 8.14. The molecule has 2 aromatic rings. The van der Waals surface area contributed by atoms with Crippen LogP contribution < -0.4 is 0 Å². The lowest BCUT2D eigenvalue weighted by Crippen LogP contribution is -2.32. The average Bonchev–Trinajstić information content (AvgIpc) is 2.64. The van der Waals surface area contributed by atoms with E-state index < -0.39 is 11.5 Å². The standard InChI is InChI=1S/C19H17NO4S/c21-16-11(10-20-5-7-25-8-6-20)9-14-15(19(16)24)18(23)13-4-2-1-3-12(13)17(14)22/h1-4,9,21,24H,5-8,10H2. The maximum absolute atomic E-state index is 12.8. The van der Waals surface area contributed by atoms with Gasteiger partial charge in [0.25, 0.3) is 0 Å². The van der Waals surface area contributed by atoms with Crippen LogP contribution in [0.1, 0.15) is 37.4 Å². The molecule has 0 amide bonds. The summed E-state index contributed by atoms with van der Waals surface area (Å²) in [5.41, 5.74) is 1.14. The Morgan fingerprint density at radius 3 is 2.24 bits per heavy atom. The number of carbonyl (C=O) groups is 2. The molecule has 4 rings (SSSR count). The van der Waals surface area contributed by atoms with Gasteiger partial charge in [0.2, 0.25) is 0 Å². The fraction of sp³-hybridized carbons (Fsp3) is 0.263. The minimum Gasteiger partial charge on any atom is -0.504 e. The van der Waals surface area contributed by atoms with Crippen LogP contribution in [-0.4, -0.2) is 51.3 Å². The second-order valence-electron chi connectivity index (χ2n) is 6.25. The molecule has 1 aliphatic heterocycles. The van der Waals surface area contributed by atoms with Gasteiger partial charge >= 0.3 is 0 Å². The zero-order valence-corrected chi connectivity index (χ0v) is 14.3. The Morgan fingerprint density at radius 1 is 0.920 bits per heavy atom. The van der Waals surface area contributed by atoms with Crippen molar-refractivity contribution in [3.63, 3.8) is 0 Å². The number of aromatic hydroxyl groups is 2. The number of hydrogen-bond donors (Lipinski definition) is 2. The average molecular weight is 355 g/mol. The molecule has 128 valence electrons. The number of ketones is 2. The van der Waals surface area contributed by atoms with Gasteiger partial charge in [-0.15, -0.1) is 0 Å². The minimum absolute atomic E-state index is 0.0980. The number of phenols is 2.